The van der Waals surface area contributed by atoms with Crippen LogP contribution in [0.25, 0.3) is 0 Å². The summed E-state index contributed by atoms with van der Waals surface area (Å²) in [6.45, 7) is 0.619. The molecule has 1 atom stereocenters. The van der Waals surface area contributed by atoms with Gasteiger partial charge in [-0.15, -0.1) is 0 Å². The SMILES string of the molecule is NC(=S)c1cc2c(nc1NC1CNC(=O)C1)CCCC2. The maximum absolute atomic E-state index is 11.3. The number of hydrogen-bond acceptors (Lipinski definition) is 4. The zero-order chi connectivity index (χ0) is 14.1. The molecule has 20 heavy (non-hydrogen) atoms. The molecule has 0 radical (unpaired) electrons. The quantitative estimate of drug-likeness (QED) is 0.721. The van der Waals surface area contributed by atoms with Crippen LogP contribution in [0, 0.1) is 0 Å². The minimum Gasteiger partial charge on any atom is -0.389 e. The smallest absolute Gasteiger partial charge is 0.222 e. The van der Waals surface area contributed by atoms with E-state index >= 15 is 0 Å². The summed E-state index contributed by atoms with van der Waals surface area (Å²) in [5, 5.41) is 6.12. The average Bonchev–Trinajstić information content (AvgIpc) is 2.83. The van der Waals surface area contributed by atoms with E-state index in [-0.39, 0.29) is 11.9 Å². The lowest BCUT2D eigenvalue weighted by atomic mass is 9.94. The molecule has 2 heterocycles. The summed E-state index contributed by atoms with van der Waals surface area (Å²) in [6, 6.07) is 2.13. The first-order valence-corrected chi connectivity index (χ1v) is 7.40. The van der Waals surface area contributed by atoms with Gasteiger partial charge in [0, 0.05) is 18.7 Å². The predicted octanol–water partition coefficient (Wildman–Crippen LogP) is 0.895. The molecule has 1 aliphatic carbocycles. The molecule has 6 heteroatoms. The van der Waals surface area contributed by atoms with Gasteiger partial charge in [-0.25, -0.2) is 4.98 Å². The van der Waals surface area contributed by atoms with E-state index < -0.39 is 0 Å². The second-order valence-corrected chi connectivity index (χ2v) is 5.85. The number of carbonyl (C=O) groups is 1. The van der Waals surface area contributed by atoms with E-state index in [1.54, 1.807) is 0 Å². The van der Waals surface area contributed by atoms with Crippen molar-refractivity contribution in [3.05, 3.63) is 22.9 Å². The minimum atomic E-state index is 0.0599. The summed E-state index contributed by atoms with van der Waals surface area (Å²) in [7, 11) is 0. The molecule has 1 amide bonds. The van der Waals surface area contributed by atoms with Crippen LogP contribution in [0.3, 0.4) is 0 Å². The van der Waals surface area contributed by atoms with Gasteiger partial charge in [0.25, 0.3) is 0 Å². The third kappa shape index (κ3) is 2.60. The van der Waals surface area contributed by atoms with Gasteiger partial charge in [0.1, 0.15) is 10.8 Å². The summed E-state index contributed by atoms with van der Waals surface area (Å²) in [6.07, 6.45) is 4.88. The van der Waals surface area contributed by atoms with Crippen molar-refractivity contribution >= 4 is 28.9 Å². The average molecular weight is 290 g/mol. The second-order valence-electron chi connectivity index (χ2n) is 5.41. The van der Waals surface area contributed by atoms with Crippen LogP contribution < -0.4 is 16.4 Å². The van der Waals surface area contributed by atoms with E-state index in [1.807, 2.05) is 0 Å². The van der Waals surface area contributed by atoms with E-state index in [9.17, 15) is 4.79 Å². The summed E-state index contributed by atoms with van der Waals surface area (Å²) < 4.78 is 0. The topological polar surface area (TPSA) is 80.0 Å². The molecule has 1 fully saturated rings. The van der Waals surface area contributed by atoms with Crippen LogP contribution in [-0.2, 0) is 17.6 Å². The highest BCUT2D eigenvalue weighted by Gasteiger charge is 2.24. The summed E-state index contributed by atoms with van der Waals surface area (Å²) in [5.74, 6) is 0.789. The lowest BCUT2D eigenvalue weighted by Gasteiger charge is -2.20. The van der Waals surface area contributed by atoms with Crippen molar-refractivity contribution in [1.82, 2.24) is 10.3 Å². The summed E-state index contributed by atoms with van der Waals surface area (Å²) in [5.41, 5.74) is 9.00. The molecule has 0 saturated carbocycles. The number of rotatable bonds is 3. The highest BCUT2D eigenvalue weighted by molar-refractivity contribution is 7.80. The van der Waals surface area contributed by atoms with Gasteiger partial charge in [-0.05, 0) is 37.3 Å². The number of anilines is 1. The molecule has 1 aromatic heterocycles. The molecular weight excluding hydrogens is 272 g/mol. The molecule has 2 aliphatic rings. The monoisotopic (exact) mass is 290 g/mol. The summed E-state index contributed by atoms with van der Waals surface area (Å²) >= 11 is 5.13. The van der Waals surface area contributed by atoms with Crippen LogP contribution in [0.2, 0.25) is 0 Å². The van der Waals surface area contributed by atoms with Gasteiger partial charge < -0.3 is 16.4 Å². The normalized spacial score (nSPS) is 21.2. The number of nitrogens with zero attached hydrogens (tertiary/aromatic N) is 1. The molecule has 1 aliphatic heterocycles. The Morgan fingerprint density at radius 2 is 2.25 bits per heavy atom. The fourth-order valence-electron chi connectivity index (χ4n) is 2.83. The Kier molecular flexibility index (Phi) is 3.56. The molecule has 4 N–H and O–H groups in total. The van der Waals surface area contributed by atoms with Crippen molar-refractivity contribution in [2.75, 3.05) is 11.9 Å². The number of thiocarbonyl (C=S) groups is 1. The minimum absolute atomic E-state index is 0.0599. The molecule has 0 aromatic carbocycles. The Morgan fingerprint density at radius 3 is 2.95 bits per heavy atom. The third-order valence-electron chi connectivity index (χ3n) is 3.88. The number of aromatic nitrogens is 1. The lowest BCUT2D eigenvalue weighted by molar-refractivity contribution is -0.119. The van der Waals surface area contributed by atoms with E-state index in [1.165, 1.54) is 18.4 Å². The van der Waals surface area contributed by atoms with E-state index in [0.717, 1.165) is 29.9 Å². The van der Waals surface area contributed by atoms with Gasteiger partial charge >= 0.3 is 0 Å². The second kappa shape index (κ2) is 5.36. The number of hydrogen-bond donors (Lipinski definition) is 3. The predicted molar refractivity (Wildman–Crippen MR) is 81.8 cm³/mol. The lowest BCUT2D eigenvalue weighted by Crippen LogP contribution is -2.26. The third-order valence-corrected chi connectivity index (χ3v) is 4.10. The zero-order valence-electron chi connectivity index (χ0n) is 11.2. The molecule has 0 spiro atoms. The van der Waals surface area contributed by atoms with Crippen molar-refractivity contribution in [2.45, 2.75) is 38.1 Å². The Bertz CT molecular complexity index is 573. The van der Waals surface area contributed by atoms with E-state index in [0.29, 0.717) is 18.0 Å². The van der Waals surface area contributed by atoms with Crippen LogP contribution in [-0.4, -0.2) is 28.5 Å². The van der Waals surface area contributed by atoms with Gasteiger partial charge in [0.15, 0.2) is 0 Å². The first-order valence-electron chi connectivity index (χ1n) is 6.99. The molecule has 3 rings (SSSR count). The van der Waals surface area contributed by atoms with Gasteiger partial charge in [-0.3, -0.25) is 4.79 Å². The number of carbonyl (C=O) groups excluding carboxylic acids is 1. The fraction of sp³-hybridized carbons (Fsp3) is 0.500. The number of pyridine rings is 1. The Hall–Kier alpha value is -1.69. The fourth-order valence-corrected chi connectivity index (χ4v) is 2.99. The van der Waals surface area contributed by atoms with Crippen molar-refractivity contribution in [1.29, 1.82) is 0 Å². The van der Waals surface area contributed by atoms with E-state index in [2.05, 4.69) is 16.7 Å². The zero-order valence-corrected chi connectivity index (χ0v) is 12.1. The molecule has 0 bridgehead atoms. The maximum atomic E-state index is 11.3. The van der Waals surface area contributed by atoms with Gasteiger partial charge in [0.05, 0.1) is 11.6 Å². The summed E-state index contributed by atoms with van der Waals surface area (Å²) in [4.78, 5) is 16.3. The van der Waals surface area contributed by atoms with Crippen LogP contribution in [0.15, 0.2) is 6.07 Å². The highest BCUT2D eigenvalue weighted by atomic mass is 32.1. The molecule has 1 saturated heterocycles. The molecular formula is C14H18N4OS. The Balaban J connectivity index is 1.91. The standard InChI is InChI=1S/C14H18N4OS/c15-13(20)10-5-8-3-1-2-4-11(8)18-14(10)17-9-6-12(19)16-7-9/h5,9H,1-4,6-7H2,(H2,15,20)(H,16,19)(H,17,18). The number of amides is 1. The molecule has 1 unspecified atom stereocenters. The first kappa shape index (κ1) is 13.3. The van der Waals surface area contributed by atoms with E-state index in [4.69, 9.17) is 22.9 Å². The van der Waals surface area contributed by atoms with Crippen molar-refractivity contribution in [2.24, 2.45) is 5.73 Å². The molecule has 5 nitrogen and oxygen atoms in total. The van der Waals surface area contributed by atoms with Gasteiger partial charge in [-0.2, -0.15) is 0 Å². The molecule has 106 valence electrons. The Morgan fingerprint density at radius 1 is 1.45 bits per heavy atom. The molecule has 1 aromatic rings. The van der Waals surface area contributed by atoms with Crippen LogP contribution in [0.5, 0.6) is 0 Å². The number of nitrogens with two attached hydrogens (primary N) is 1. The van der Waals surface area contributed by atoms with Crippen molar-refractivity contribution in [3.8, 4) is 0 Å². The van der Waals surface area contributed by atoms with Crippen LogP contribution in [0.1, 0.15) is 36.1 Å². The van der Waals surface area contributed by atoms with Crippen LogP contribution >= 0.6 is 12.2 Å². The van der Waals surface area contributed by atoms with Gasteiger partial charge in [-0.1, -0.05) is 12.2 Å². The number of aryl methyl sites for hydroxylation is 2. The van der Waals surface area contributed by atoms with Gasteiger partial charge in [0.2, 0.25) is 5.91 Å². The highest BCUT2D eigenvalue weighted by Crippen LogP contribution is 2.25. The van der Waals surface area contributed by atoms with Crippen molar-refractivity contribution < 1.29 is 4.79 Å². The number of nitrogens with one attached hydrogen (secondary N) is 2. The largest absolute Gasteiger partial charge is 0.389 e. The maximum Gasteiger partial charge on any atom is 0.222 e. The Labute approximate surface area is 123 Å². The van der Waals surface area contributed by atoms with Crippen LogP contribution in [0.4, 0.5) is 5.82 Å². The number of fused-ring (bicyclic) bond motifs is 1. The first-order chi connectivity index (χ1) is 9.63. The van der Waals surface area contributed by atoms with Crippen molar-refractivity contribution in [3.63, 3.8) is 0 Å².